The van der Waals surface area contributed by atoms with Crippen molar-refractivity contribution in [3.63, 3.8) is 0 Å². The number of aryl methyl sites for hydroxylation is 2. The predicted octanol–water partition coefficient (Wildman–Crippen LogP) is 1.86. The highest BCUT2D eigenvalue weighted by molar-refractivity contribution is 5.37. The molecule has 0 atom stereocenters. The van der Waals surface area contributed by atoms with Gasteiger partial charge in [-0.3, -0.25) is 5.73 Å². The van der Waals surface area contributed by atoms with Crippen LogP contribution in [-0.4, -0.2) is 6.73 Å². The lowest BCUT2D eigenvalue weighted by Gasteiger charge is -2.16. The largest absolute Gasteiger partial charge is 0.479 e. The van der Waals surface area contributed by atoms with Crippen molar-refractivity contribution in [2.75, 3.05) is 6.73 Å². The first kappa shape index (κ1) is 8.57. The lowest BCUT2D eigenvalue weighted by Crippen LogP contribution is -2.08. The Kier molecular flexibility index (Phi) is 2.50. The molecule has 2 heteroatoms. The van der Waals surface area contributed by atoms with E-state index >= 15 is 0 Å². The smallest absolute Gasteiger partial charge is 0.137 e. The minimum atomic E-state index is 0.263. The van der Waals surface area contributed by atoms with Gasteiger partial charge in [-0.05, 0) is 48.9 Å². The summed E-state index contributed by atoms with van der Waals surface area (Å²) in [6.07, 6.45) is 5.04. The number of rotatable bonds is 2. The van der Waals surface area contributed by atoms with Gasteiger partial charge < -0.3 is 4.74 Å². The van der Waals surface area contributed by atoms with Crippen molar-refractivity contribution >= 4 is 0 Å². The molecular formula is C11H15NO. The molecule has 0 bridgehead atoms. The molecule has 1 aliphatic rings. The minimum absolute atomic E-state index is 0.263. The second kappa shape index (κ2) is 3.79. The van der Waals surface area contributed by atoms with Crippen molar-refractivity contribution in [3.05, 3.63) is 29.3 Å². The van der Waals surface area contributed by atoms with Gasteiger partial charge in [0.05, 0.1) is 0 Å². The minimum Gasteiger partial charge on any atom is -0.479 e. The SMILES string of the molecule is NCOc1ccc2c(c1)CCCC2. The van der Waals surface area contributed by atoms with E-state index in [4.69, 9.17) is 10.5 Å². The van der Waals surface area contributed by atoms with E-state index in [1.807, 2.05) is 6.07 Å². The van der Waals surface area contributed by atoms with E-state index in [2.05, 4.69) is 12.1 Å². The molecule has 0 radical (unpaired) electrons. The third kappa shape index (κ3) is 1.83. The standard InChI is InChI=1S/C11H15NO/c12-8-13-11-6-5-9-3-1-2-4-10(9)7-11/h5-7H,1-4,8,12H2. The van der Waals surface area contributed by atoms with Crippen molar-refractivity contribution in [2.24, 2.45) is 5.73 Å². The molecule has 2 nitrogen and oxygen atoms in total. The summed E-state index contributed by atoms with van der Waals surface area (Å²) in [5.41, 5.74) is 8.24. The molecule has 13 heavy (non-hydrogen) atoms. The first-order valence-electron chi connectivity index (χ1n) is 4.85. The van der Waals surface area contributed by atoms with E-state index in [-0.39, 0.29) is 6.73 Å². The lowest BCUT2D eigenvalue weighted by atomic mass is 9.92. The lowest BCUT2D eigenvalue weighted by molar-refractivity contribution is 0.329. The molecule has 0 saturated heterocycles. The second-order valence-electron chi connectivity index (χ2n) is 3.45. The van der Waals surface area contributed by atoms with Crippen molar-refractivity contribution in [1.29, 1.82) is 0 Å². The summed E-state index contributed by atoms with van der Waals surface area (Å²) in [5.74, 6) is 0.906. The Bertz CT molecular complexity index is 296. The van der Waals surface area contributed by atoms with Gasteiger partial charge in [0.15, 0.2) is 0 Å². The van der Waals surface area contributed by atoms with E-state index in [0.717, 1.165) is 5.75 Å². The van der Waals surface area contributed by atoms with Crippen LogP contribution in [0.3, 0.4) is 0 Å². The maximum absolute atomic E-state index is 5.31. The van der Waals surface area contributed by atoms with Crippen LogP contribution in [0, 0.1) is 0 Å². The van der Waals surface area contributed by atoms with Gasteiger partial charge in [-0.1, -0.05) is 6.07 Å². The van der Waals surface area contributed by atoms with Gasteiger partial charge in [0, 0.05) is 0 Å². The third-order valence-electron chi connectivity index (χ3n) is 2.57. The fraction of sp³-hybridized carbons (Fsp3) is 0.455. The Labute approximate surface area is 78.7 Å². The average molecular weight is 177 g/mol. The molecule has 1 aromatic rings. The van der Waals surface area contributed by atoms with Crippen molar-refractivity contribution < 1.29 is 4.74 Å². The van der Waals surface area contributed by atoms with Crippen LogP contribution in [0.2, 0.25) is 0 Å². The first-order valence-corrected chi connectivity index (χ1v) is 4.85. The van der Waals surface area contributed by atoms with Gasteiger partial charge in [-0.15, -0.1) is 0 Å². The Morgan fingerprint density at radius 1 is 1.15 bits per heavy atom. The van der Waals surface area contributed by atoms with E-state index in [1.165, 1.54) is 36.8 Å². The molecule has 0 aromatic heterocycles. The quantitative estimate of drug-likeness (QED) is 0.700. The van der Waals surface area contributed by atoms with E-state index in [1.54, 1.807) is 0 Å². The van der Waals surface area contributed by atoms with Crippen LogP contribution in [0.15, 0.2) is 18.2 Å². The van der Waals surface area contributed by atoms with Crippen molar-refractivity contribution in [1.82, 2.24) is 0 Å². The van der Waals surface area contributed by atoms with E-state index < -0.39 is 0 Å². The average Bonchev–Trinajstić information content (AvgIpc) is 2.18. The Morgan fingerprint density at radius 3 is 2.69 bits per heavy atom. The Morgan fingerprint density at radius 2 is 1.92 bits per heavy atom. The number of nitrogens with two attached hydrogens (primary N) is 1. The van der Waals surface area contributed by atoms with Crippen molar-refractivity contribution in [3.8, 4) is 5.75 Å². The van der Waals surface area contributed by atoms with Crippen LogP contribution >= 0.6 is 0 Å². The molecule has 0 unspecified atom stereocenters. The number of hydrogen-bond donors (Lipinski definition) is 1. The highest BCUT2D eigenvalue weighted by atomic mass is 16.5. The van der Waals surface area contributed by atoms with Gasteiger partial charge in [0.1, 0.15) is 12.5 Å². The zero-order chi connectivity index (χ0) is 9.10. The van der Waals surface area contributed by atoms with Crippen LogP contribution in [0.25, 0.3) is 0 Å². The monoisotopic (exact) mass is 177 g/mol. The third-order valence-corrected chi connectivity index (χ3v) is 2.57. The highest BCUT2D eigenvalue weighted by Gasteiger charge is 2.09. The molecule has 1 aliphatic carbocycles. The van der Waals surface area contributed by atoms with Crippen LogP contribution in [0.1, 0.15) is 24.0 Å². The normalized spacial score (nSPS) is 15.2. The number of hydrogen-bond acceptors (Lipinski definition) is 2. The summed E-state index contributed by atoms with van der Waals surface area (Å²) >= 11 is 0. The van der Waals surface area contributed by atoms with Crippen LogP contribution in [0.4, 0.5) is 0 Å². The topological polar surface area (TPSA) is 35.2 Å². The summed E-state index contributed by atoms with van der Waals surface area (Å²) < 4.78 is 5.25. The summed E-state index contributed by atoms with van der Waals surface area (Å²) in [6, 6.07) is 6.30. The number of fused-ring (bicyclic) bond motifs is 1. The molecule has 70 valence electrons. The van der Waals surface area contributed by atoms with Gasteiger partial charge >= 0.3 is 0 Å². The van der Waals surface area contributed by atoms with Crippen LogP contribution in [-0.2, 0) is 12.8 Å². The number of benzene rings is 1. The van der Waals surface area contributed by atoms with Crippen molar-refractivity contribution in [2.45, 2.75) is 25.7 Å². The van der Waals surface area contributed by atoms with Gasteiger partial charge in [-0.2, -0.15) is 0 Å². The summed E-state index contributed by atoms with van der Waals surface area (Å²) in [6.45, 7) is 0.263. The summed E-state index contributed by atoms with van der Waals surface area (Å²) in [5, 5.41) is 0. The Balaban J connectivity index is 2.24. The van der Waals surface area contributed by atoms with E-state index in [9.17, 15) is 0 Å². The maximum Gasteiger partial charge on any atom is 0.137 e. The molecule has 2 rings (SSSR count). The molecule has 0 amide bonds. The first-order chi connectivity index (χ1) is 6.40. The Hall–Kier alpha value is -1.02. The zero-order valence-electron chi connectivity index (χ0n) is 7.75. The molecule has 0 spiro atoms. The van der Waals surface area contributed by atoms with Gasteiger partial charge in [0.25, 0.3) is 0 Å². The van der Waals surface area contributed by atoms with Gasteiger partial charge in [0.2, 0.25) is 0 Å². The predicted molar refractivity (Wildman–Crippen MR) is 52.8 cm³/mol. The fourth-order valence-electron chi connectivity index (χ4n) is 1.90. The molecule has 0 heterocycles. The number of ether oxygens (including phenoxy) is 1. The highest BCUT2D eigenvalue weighted by Crippen LogP contribution is 2.24. The second-order valence-corrected chi connectivity index (χ2v) is 3.45. The maximum atomic E-state index is 5.31. The zero-order valence-corrected chi connectivity index (χ0v) is 7.75. The molecule has 0 fully saturated rings. The summed E-state index contributed by atoms with van der Waals surface area (Å²) in [7, 11) is 0. The van der Waals surface area contributed by atoms with Crippen LogP contribution < -0.4 is 10.5 Å². The van der Waals surface area contributed by atoms with Crippen LogP contribution in [0.5, 0.6) is 5.75 Å². The molecule has 1 aromatic carbocycles. The molecule has 2 N–H and O–H groups in total. The molecular weight excluding hydrogens is 162 g/mol. The molecule has 0 aliphatic heterocycles. The molecule has 0 saturated carbocycles. The van der Waals surface area contributed by atoms with Gasteiger partial charge in [-0.25, -0.2) is 0 Å². The van der Waals surface area contributed by atoms with E-state index in [0.29, 0.717) is 0 Å². The summed E-state index contributed by atoms with van der Waals surface area (Å²) in [4.78, 5) is 0. The fourth-order valence-corrected chi connectivity index (χ4v) is 1.90.